The number of carbonyl (C=O) groups excluding carboxylic acids is 2. The van der Waals surface area contributed by atoms with Gasteiger partial charge in [-0.15, -0.1) is 0 Å². The molecule has 0 radical (unpaired) electrons. The Balaban J connectivity index is 2.74. The van der Waals surface area contributed by atoms with Gasteiger partial charge in [0.2, 0.25) is 5.78 Å². The number of Topliss-reactive ketones (excluding diaryl/α,β-unsaturated/α-hetero) is 2. The van der Waals surface area contributed by atoms with Gasteiger partial charge in [-0.05, 0) is 18.6 Å². The molecule has 0 amide bonds. The van der Waals surface area contributed by atoms with Crippen molar-refractivity contribution in [3.05, 3.63) is 29.6 Å². The Morgan fingerprint density at radius 3 is 2.47 bits per heavy atom. The third-order valence-electron chi connectivity index (χ3n) is 1.76. The summed E-state index contributed by atoms with van der Waals surface area (Å²) in [5.74, 6) is -3.31. The van der Waals surface area contributed by atoms with Crippen molar-refractivity contribution in [2.45, 2.75) is 13.3 Å². The van der Waals surface area contributed by atoms with Crippen molar-refractivity contribution in [1.29, 1.82) is 0 Å². The van der Waals surface area contributed by atoms with Crippen molar-refractivity contribution in [3.63, 3.8) is 0 Å². The lowest BCUT2D eigenvalue weighted by atomic mass is 10.1. The number of nitrogens with zero attached hydrogens (tertiary/aromatic N) is 1. The van der Waals surface area contributed by atoms with Crippen LogP contribution in [0.1, 0.15) is 22.5 Å². The van der Waals surface area contributed by atoms with Crippen LogP contribution in [-0.4, -0.2) is 27.6 Å². The summed E-state index contributed by atoms with van der Waals surface area (Å²) in [6.45, 7) is 1.81. The molecule has 0 aliphatic rings. The first-order valence-electron chi connectivity index (χ1n) is 4.22. The molecule has 0 saturated heterocycles. The van der Waals surface area contributed by atoms with Gasteiger partial charge in [-0.1, -0.05) is 6.07 Å². The number of aliphatic carboxylic acids is 1. The topological polar surface area (TPSA) is 84.3 Å². The Morgan fingerprint density at radius 2 is 2.00 bits per heavy atom. The van der Waals surface area contributed by atoms with Crippen molar-refractivity contribution in [3.8, 4) is 0 Å². The molecule has 0 aliphatic heterocycles. The zero-order valence-corrected chi connectivity index (χ0v) is 8.06. The first kappa shape index (κ1) is 11.0. The van der Waals surface area contributed by atoms with Crippen LogP contribution in [0.15, 0.2) is 18.3 Å². The average Bonchev–Trinajstić information content (AvgIpc) is 2.18. The molecule has 0 atom stereocenters. The summed E-state index contributed by atoms with van der Waals surface area (Å²) < 4.78 is 0. The predicted molar refractivity (Wildman–Crippen MR) is 50.6 cm³/mol. The Kier molecular flexibility index (Phi) is 3.28. The molecule has 5 nitrogen and oxygen atoms in total. The summed E-state index contributed by atoms with van der Waals surface area (Å²) in [5, 5.41) is 8.30. The van der Waals surface area contributed by atoms with Crippen LogP contribution in [0.3, 0.4) is 0 Å². The summed E-state index contributed by atoms with van der Waals surface area (Å²) in [7, 11) is 0. The van der Waals surface area contributed by atoms with E-state index < -0.39 is 24.0 Å². The van der Waals surface area contributed by atoms with Gasteiger partial charge in [0.15, 0.2) is 5.78 Å². The maximum Gasteiger partial charge on any atom is 0.372 e. The molecule has 0 aliphatic carbocycles. The van der Waals surface area contributed by atoms with Gasteiger partial charge < -0.3 is 5.11 Å². The maximum absolute atomic E-state index is 11.3. The van der Waals surface area contributed by atoms with Crippen LogP contribution in [0, 0.1) is 6.92 Å². The highest BCUT2D eigenvalue weighted by Crippen LogP contribution is 2.02. The molecule has 0 bridgehead atoms. The number of carboxylic acids is 1. The largest absolute Gasteiger partial charge is 0.475 e. The minimum atomic E-state index is -1.60. The van der Waals surface area contributed by atoms with Crippen LogP contribution in [0.25, 0.3) is 0 Å². The molecule has 1 aromatic rings. The van der Waals surface area contributed by atoms with E-state index in [-0.39, 0.29) is 5.69 Å². The minimum absolute atomic E-state index is 0.107. The summed E-state index contributed by atoms with van der Waals surface area (Å²) in [4.78, 5) is 36.1. The number of carbonyl (C=O) groups is 3. The van der Waals surface area contributed by atoms with E-state index in [1.807, 2.05) is 6.92 Å². The molecule has 5 heteroatoms. The predicted octanol–water partition coefficient (Wildman–Crippen LogP) is 0.617. The Morgan fingerprint density at radius 1 is 1.33 bits per heavy atom. The van der Waals surface area contributed by atoms with E-state index in [1.165, 1.54) is 12.3 Å². The second-order valence-corrected chi connectivity index (χ2v) is 3.05. The van der Waals surface area contributed by atoms with Crippen molar-refractivity contribution in [2.24, 2.45) is 0 Å². The zero-order valence-electron chi connectivity index (χ0n) is 8.06. The Labute approximate surface area is 85.8 Å². The second kappa shape index (κ2) is 4.45. The quantitative estimate of drug-likeness (QED) is 0.444. The molecule has 78 valence electrons. The van der Waals surface area contributed by atoms with Gasteiger partial charge in [-0.2, -0.15) is 0 Å². The van der Waals surface area contributed by atoms with Gasteiger partial charge in [-0.3, -0.25) is 14.6 Å². The van der Waals surface area contributed by atoms with Crippen molar-refractivity contribution in [2.75, 3.05) is 0 Å². The summed E-state index contributed by atoms with van der Waals surface area (Å²) in [6.07, 6.45) is 0.837. The van der Waals surface area contributed by atoms with E-state index in [1.54, 1.807) is 6.07 Å². The molecule has 1 aromatic heterocycles. The number of ketones is 2. The minimum Gasteiger partial charge on any atom is -0.475 e. The number of aromatic nitrogens is 1. The zero-order chi connectivity index (χ0) is 11.4. The first-order chi connectivity index (χ1) is 7.00. The van der Waals surface area contributed by atoms with E-state index in [0.717, 1.165) is 5.56 Å². The monoisotopic (exact) mass is 207 g/mol. The number of hydrogen-bond donors (Lipinski definition) is 1. The summed E-state index contributed by atoms with van der Waals surface area (Å²) in [5.41, 5.74) is 0.992. The van der Waals surface area contributed by atoms with Gasteiger partial charge in [0, 0.05) is 6.20 Å². The fraction of sp³-hybridized carbons (Fsp3) is 0.200. The fourth-order valence-corrected chi connectivity index (χ4v) is 0.945. The fourth-order valence-electron chi connectivity index (χ4n) is 0.945. The smallest absolute Gasteiger partial charge is 0.372 e. The highest BCUT2D eigenvalue weighted by atomic mass is 16.4. The highest BCUT2D eigenvalue weighted by molar-refractivity contribution is 6.37. The third-order valence-corrected chi connectivity index (χ3v) is 1.76. The van der Waals surface area contributed by atoms with Gasteiger partial charge >= 0.3 is 5.97 Å². The summed E-state index contributed by atoms with van der Waals surface area (Å²) in [6, 6.07) is 3.14. The molecule has 15 heavy (non-hydrogen) atoms. The number of aryl methyl sites for hydroxylation is 1. The molecular weight excluding hydrogens is 198 g/mol. The second-order valence-electron chi connectivity index (χ2n) is 3.05. The van der Waals surface area contributed by atoms with Crippen LogP contribution in [0.2, 0.25) is 0 Å². The van der Waals surface area contributed by atoms with Crippen LogP contribution in [0.5, 0.6) is 0 Å². The number of rotatable bonds is 4. The molecule has 0 aromatic carbocycles. The number of hydrogen-bond acceptors (Lipinski definition) is 4. The van der Waals surface area contributed by atoms with E-state index in [9.17, 15) is 14.4 Å². The first-order valence-corrected chi connectivity index (χ1v) is 4.22. The average molecular weight is 207 g/mol. The maximum atomic E-state index is 11.3. The van der Waals surface area contributed by atoms with Crippen LogP contribution in [0.4, 0.5) is 0 Å². The van der Waals surface area contributed by atoms with Gasteiger partial charge in [-0.25, -0.2) is 4.79 Å². The molecule has 1 N–H and O–H groups in total. The lowest BCUT2D eigenvalue weighted by Crippen LogP contribution is -2.17. The molecule has 1 rings (SSSR count). The van der Waals surface area contributed by atoms with Crippen molar-refractivity contribution >= 4 is 17.5 Å². The SMILES string of the molecule is Cc1ccc(C(=O)CC(=O)C(=O)O)nc1. The van der Waals surface area contributed by atoms with Crippen LogP contribution in [-0.2, 0) is 9.59 Å². The molecule has 0 unspecified atom stereocenters. The summed E-state index contributed by atoms with van der Waals surface area (Å²) >= 11 is 0. The van der Waals surface area contributed by atoms with Crippen LogP contribution >= 0.6 is 0 Å². The highest BCUT2D eigenvalue weighted by Gasteiger charge is 2.18. The van der Waals surface area contributed by atoms with Crippen molar-refractivity contribution in [1.82, 2.24) is 4.98 Å². The van der Waals surface area contributed by atoms with Crippen LogP contribution < -0.4 is 0 Å². The lowest BCUT2D eigenvalue weighted by molar-refractivity contribution is -0.148. The van der Waals surface area contributed by atoms with E-state index >= 15 is 0 Å². The lowest BCUT2D eigenvalue weighted by Gasteiger charge is -1.97. The van der Waals surface area contributed by atoms with E-state index in [4.69, 9.17) is 5.11 Å². The molecule has 0 spiro atoms. The van der Waals surface area contributed by atoms with E-state index in [2.05, 4.69) is 4.98 Å². The Hall–Kier alpha value is -2.04. The van der Waals surface area contributed by atoms with E-state index in [0.29, 0.717) is 0 Å². The van der Waals surface area contributed by atoms with Crippen molar-refractivity contribution < 1.29 is 19.5 Å². The normalized spacial score (nSPS) is 9.67. The Bertz CT molecular complexity index is 408. The van der Waals surface area contributed by atoms with Gasteiger partial charge in [0.05, 0.1) is 6.42 Å². The standard InChI is InChI=1S/C10H9NO4/c1-6-2-3-7(11-5-6)8(12)4-9(13)10(14)15/h2-3,5H,4H2,1H3,(H,14,15). The molecule has 1 heterocycles. The van der Waals surface area contributed by atoms with Gasteiger partial charge in [0.25, 0.3) is 0 Å². The molecule has 0 saturated carbocycles. The number of carboxylic acid groups (broad SMARTS) is 1. The molecular formula is C10H9NO4. The van der Waals surface area contributed by atoms with Gasteiger partial charge in [0.1, 0.15) is 5.69 Å². The number of pyridine rings is 1. The molecule has 0 fully saturated rings. The third kappa shape index (κ3) is 2.98.